The van der Waals surface area contributed by atoms with Crippen LogP contribution in [0.2, 0.25) is 0 Å². The van der Waals surface area contributed by atoms with Crippen molar-refractivity contribution in [2.24, 2.45) is 0 Å². The zero-order chi connectivity index (χ0) is 15.7. The number of ether oxygens (including phenoxy) is 2. The molecular weight excluding hydrogens is 284 g/mol. The van der Waals surface area contributed by atoms with Crippen LogP contribution in [-0.2, 0) is 0 Å². The zero-order valence-corrected chi connectivity index (χ0v) is 12.1. The van der Waals surface area contributed by atoms with Crippen molar-refractivity contribution in [3.8, 4) is 22.9 Å². The van der Waals surface area contributed by atoms with E-state index < -0.39 is 5.97 Å². The Morgan fingerprint density at radius 1 is 1.14 bits per heavy atom. The molecule has 3 aromatic rings. The van der Waals surface area contributed by atoms with Crippen LogP contribution in [0.15, 0.2) is 36.4 Å². The number of rotatable bonds is 4. The molecule has 0 saturated heterocycles. The number of hydrogen-bond acceptors (Lipinski definition) is 4. The summed E-state index contributed by atoms with van der Waals surface area (Å²) in [4.78, 5) is 18.9. The number of imidazole rings is 1. The van der Waals surface area contributed by atoms with E-state index in [4.69, 9.17) is 9.47 Å². The van der Waals surface area contributed by atoms with Gasteiger partial charge in [-0.3, -0.25) is 0 Å². The highest BCUT2D eigenvalue weighted by Gasteiger charge is 2.15. The van der Waals surface area contributed by atoms with E-state index in [2.05, 4.69) is 9.97 Å². The van der Waals surface area contributed by atoms with E-state index in [1.54, 1.807) is 50.6 Å². The minimum Gasteiger partial charge on any atom is -0.493 e. The van der Waals surface area contributed by atoms with Crippen molar-refractivity contribution in [3.63, 3.8) is 0 Å². The van der Waals surface area contributed by atoms with Gasteiger partial charge in [0.05, 0.1) is 30.8 Å². The monoisotopic (exact) mass is 298 g/mol. The number of fused-ring (bicyclic) bond motifs is 1. The van der Waals surface area contributed by atoms with Gasteiger partial charge in [-0.2, -0.15) is 0 Å². The Labute approximate surface area is 126 Å². The van der Waals surface area contributed by atoms with E-state index >= 15 is 0 Å². The number of aromatic nitrogens is 2. The van der Waals surface area contributed by atoms with E-state index in [1.807, 2.05) is 0 Å². The van der Waals surface area contributed by atoms with Crippen LogP contribution in [0.1, 0.15) is 10.4 Å². The predicted octanol–water partition coefficient (Wildman–Crippen LogP) is 2.95. The van der Waals surface area contributed by atoms with E-state index in [0.717, 1.165) is 5.52 Å². The second kappa shape index (κ2) is 5.40. The molecule has 0 bridgehead atoms. The maximum absolute atomic E-state index is 11.3. The summed E-state index contributed by atoms with van der Waals surface area (Å²) in [5.74, 6) is 0.644. The summed E-state index contributed by atoms with van der Waals surface area (Å²) < 4.78 is 10.5. The second-order valence-corrected chi connectivity index (χ2v) is 4.66. The number of hydrogen-bond donors (Lipinski definition) is 2. The highest BCUT2D eigenvalue weighted by Crippen LogP contribution is 2.33. The van der Waals surface area contributed by atoms with E-state index in [9.17, 15) is 9.90 Å². The molecule has 0 spiro atoms. The lowest BCUT2D eigenvalue weighted by Gasteiger charge is -2.06. The summed E-state index contributed by atoms with van der Waals surface area (Å²) in [7, 11) is 3.11. The Balaban J connectivity index is 2.19. The molecule has 22 heavy (non-hydrogen) atoms. The first kappa shape index (κ1) is 13.9. The van der Waals surface area contributed by atoms with Crippen LogP contribution in [0.5, 0.6) is 11.5 Å². The molecule has 0 radical (unpaired) electrons. The number of H-pyrrole nitrogens is 1. The molecule has 2 N–H and O–H groups in total. The third kappa shape index (κ3) is 2.24. The molecule has 0 aliphatic carbocycles. The number of carboxylic acids is 1. The summed E-state index contributed by atoms with van der Waals surface area (Å²) >= 11 is 0. The SMILES string of the molecule is COc1cc2nc(-c3ccccc3C(=O)O)[nH]c2cc1OC. The van der Waals surface area contributed by atoms with Crippen LogP contribution in [-0.4, -0.2) is 35.3 Å². The van der Waals surface area contributed by atoms with Crippen LogP contribution in [0.25, 0.3) is 22.4 Å². The normalized spacial score (nSPS) is 10.6. The fourth-order valence-corrected chi connectivity index (χ4v) is 2.34. The van der Waals surface area contributed by atoms with Gasteiger partial charge in [0, 0.05) is 17.7 Å². The van der Waals surface area contributed by atoms with Gasteiger partial charge >= 0.3 is 5.97 Å². The number of methoxy groups -OCH3 is 2. The average molecular weight is 298 g/mol. The second-order valence-electron chi connectivity index (χ2n) is 4.66. The Morgan fingerprint density at radius 2 is 1.82 bits per heavy atom. The molecule has 0 saturated carbocycles. The van der Waals surface area contributed by atoms with Gasteiger partial charge in [0.2, 0.25) is 0 Å². The molecule has 112 valence electrons. The highest BCUT2D eigenvalue weighted by molar-refractivity contribution is 5.96. The topological polar surface area (TPSA) is 84.4 Å². The molecule has 0 fully saturated rings. The van der Waals surface area contributed by atoms with E-state index in [0.29, 0.717) is 28.4 Å². The lowest BCUT2D eigenvalue weighted by atomic mass is 10.1. The van der Waals surface area contributed by atoms with Gasteiger partial charge in [0.1, 0.15) is 5.82 Å². The molecule has 1 aromatic heterocycles. The summed E-state index contributed by atoms with van der Waals surface area (Å²) in [5, 5.41) is 9.28. The largest absolute Gasteiger partial charge is 0.493 e. The standard InChI is InChI=1S/C16H14N2O4/c1-21-13-7-11-12(8-14(13)22-2)18-15(17-11)9-5-3-4-6-10(9)16(19)20/h3-8H,1-2H3,(H,17,18)(H,19,20). The molecule has 2 aromatic carbocycles. The number of aromatic amines is 1. The van der Waals surface area contributed by atoms with Crippen molar-refractivity contribution in [2.45, 2.75) is 0 Å². The Morgan fingerprint density at radius 3 is 2.50 bits per heavy atom. The maximum Gasteiger partial charge on any atom is 0.336 e. The molecule has 0 aliphatic rings. The first-order valence-electron chi connectivity index (χ1n) is 6.58. The van der Waals surface area contributed by atoms with Crippen LogP contribution in [0, 0.1) is 0 Å². The number of nitrogens with one attached hydrogen (secondary N) is 1. The van der Waals surface area contributed by atoms with Gasteiger partial charge in [0.25, 0.3) is 0 Å². The minimum absolute atomic E-state index is 0.195. The van der Waals surface area contributed by atoms with Gasteiger partial charge in [-0.1, -0.05) is 18.2 Å². The first-order valence-corrected chi connectivity index (χ1v) is 6.58. The summed E-state index contributed by atoms with van der Waals surface area (Å²) in [6.45, 7) is 0. The summed E-state index contributed by atoms with van der Waals surface area (Å²) in [5.41, 5.74) is 2.14. The summed E-state index contributed by atoms with van der Waals surface area (Å²) in [6.07, 6.45) is 0. The van der Waals surface area contributed by atoms with E-state index in [-0.39, 0.29) is 5.56 Å². The minimum atomic E-state index is -0.994. The van der Waals surface area contributed by atoms with Crippen molar-refractivity contribution < 1.29 is 19.4 Å². The molecule has 1 heterocycles. The molecule has 3 rings (SSSR count). The van der Waals surface area contributed by atoms with E-state index in [1.165, 1.54) is 0 Å². The smallest absolute Gasteiger partial charge is 0.336 e. The van der Waals surface area contributed by atoms with Gasteiger partial charge in [-0.05, 0) is 6.07 Å². The number of aromatic carboxylic acids is 1. The van der Waals surface area contributed by atoms with Crippen molar-refractivity contribution in [1.29, 1.82) is 0 Å². The number of nitrogens with zero attached hydrogens (tertiary/aromatic N) is 1. The molecule has 0 atom stereocenters. The fourth-order valence-electron chi connectivity index (χ4n) is 2.34. The van der Waals surface area contributed by atoms with Crippen LogP contribution in [0.4, 0.5) is 0 Å². The Kier molecular flexibility index (Phi) is 3.42. The van der Waals surface area contributed by atoms with Gasteiger partial charge < -0.3 is 19.6 Å². The average Bonchev–Trinajstić information content (AvgIpc) is 2.96. The molecular formula is C16H14N2O4. The molecule has 6 heteroatoms. The third-order valence-corrected chi connectivity index (χ3v) is 3.40. The predicted molar refractivity (Wildman–Crippen MR) is 81.6 cm³/mol. The van der Waals surface area contributed by atoms with Gasteiger partial charge in [0.15, 0.2) is 11.5 Å². The van der Waals surface area contributed by atoms with Crippen molar-refractivity contribution >= 4 is 17.0 Å². The highest BCUT2D eigenvalue weighted by atomic mass is 16.5. The molecule has 0 amide bonds. The third-order valence-electron chi connectivity index (χ3n) is 3.40. The van der Waals surface area contributed by atoms with Crippen molar-refractivity contribution in [2.75, 3.05) is 14.2 Å². The van der Waals surface area contributed by atoms with Gasteiger partial charge in [-0.25, -0.2) is 9.78 Å². The fraction of sp³-hybridized carbons (Fsp3) is 0.125. The van der Waals surface area contributed by atoms with Crippen molar-refractivity contribution in [3.05, 3.63) is 42.0 Å². The zero-order valence-electron chi connectivity index (χ0n) is 12.1. The van der Waals surface area contributed by atoms with Crippen LogP contribution < -0.4 is 9.47 Å². The molecule has 0 aliphatic heterocycles. The number of benzene rings is 2. The lowest BCUT2D eigenvalue weighted by molar-refractivity contribution is 0.0697. The molecule has 0 unspecified atom stereocenters. The maximum atomic E-state index is 11.3. The Bertz CT molecular complexity index is 813. The first-order chi connectivity index (χ1) is 10.6. The van der Waals surface area contributed by atoms with Crippen LogP contribution >= 0.6 is 0 Å². The molecule has 6 nitrogen and oxygen atoms in total. The van der Waals surface area contributed by atoms with Crippen molar-refractivity contribution in [1.82, 2.24) is 9.97 Å². The number of carboxylic acid groups (broad SMARTS) is 1. The quantitative estimate of drug-likeness (QED) is 0.773. The van der Waals surface area contributed by atoms with Crippen LogP contribution in [0.3, 0.4) is 0 Å². The summed E-state index contributed by atoms with van der Waals surface area (Å²) in [6, 6.07) is 10.2. The number of carbonyl (C=O) groups is 1. The van der Waals surface area contributed by atoms with Gasteiger partial charge in [-0.15, -0.1) is 0 Å². The Hall–Kier alpha value is -3.02. The lowest BCUT2D eigenvalue weighted by Crippen LogP contribution is -1.99.